The molecule has 2 aromatic heterocycles. The van der Waals surface area contributed by atoms with Gasteiger partial charge in [-0.3, -0.25) is 0 Å². The standard InChI is InChI=1S/C42H27NO2/c1-4-11-27(12-5-1)30-19-21-33-38(25-30)44-37-18-10-17-35(40(33)37)43-36-24-23-32(29-15-8-3-9-16-29)42-41(36)34-22-20-31(26-39(34)45-42)28-13-6-2-7-14-28/h1-26,43H. The van der Waals surface area contributed by atoms with Gasteiger partial charge < -0.3 is 14.2 Å². The van der Waals surface area contributed by atoms with Gasteiger partial charge in [-0.15, -0.1) is 0 Å². The smallest absolute Gasteiger partial charge is 0.145 e. The quantitative estimate of drug-likeness (QED) is 0.221. The Morgan fingerprint density at radius 3 is 1.56 bits per heavy atom. The van der Waals surface area contributed by atoms with Crippen LogP contribution in [-0.4, -0.2) is 0 Å². The van der Waals surface area contributed by atoms with E-state index in [0.717, 1.165) is 83.1 Å². The Balaban J connectivity index is 1.22. The van der Waals surface area contributed by atoms with Gasteiger partial charge in [0.25, 0.3) is 0 Å². The molecule has 9 rings (SSSR count). The highest BCUT2D eigenvalue weighted by Crippen LogP contribution is 2.44. The van der Waals surface area contributed by atoms with Gasteiger partial charge in [-0.1, -0.05) is 109 Å². The number of hydrogen-bond acceptors (Lipinski definition) is 3. The lowest BCUT2D eigenvalue weighted by Gasteiger charge is -2.12. The van der Waals surface area contributed by atoms with Crippen molar-refractivity contribution >= 4 is 55.3 Å². The van der Waals surface area contributed by atoms with Crippen molar-refractivity contribution in [3.05, 3.63) is 158 Å². The molecular formula is C42H27NO2. The Hall–Kier alpha value is -6.06. The Morgan fingerprint density at radius 1 is 0.356 bits per heavy atom. The fourth-order valence-corrected chi connectivity index (χ4v) is 6.52. The largest absolute Gasteiger partial charge is 0.456 e. The number of benzene rings is 7. The molecule has 0 radical (unpaired) electrons. The Labute approximate surface area is 260 Å². The van der Waals surface area contributed by atoms with Gasteiger partial charge in [0.15, 0.2) is 0 Å². The average molecular weight is 578 g/mol. The molecule has 0 bridgehead atoms. The van der Waals surface area contributed by atoms with Crippen LogP contribution in [0.3, 0.4) is 0 Å². The molecule has 0 aliphatic carbocycles. The highest BCUT2D eigenvalue weighted by Gasteiger charge is 2.19. The molecule has 2 heterocycles. The maximum Gasteiger partial charge on any atom is 0.145 e. The molecule has 1 N–H and O–H groups in total. The van der Waals surface area contributed by atoms with Crippen molar-refractivity contribution in [3.63, 3.8) is 0 Å². The summed E-state index contributed by atoms with van der Waals surface area (Å²) in [5.41, 5.74) is 12.2. The van der Waals surface area contributed by atoms with Gasteiger partial charge >= 0.3 is 0 Å². The lowest BCUT2D eigenvalue weighted by atomic mass is 9.99. The first-order valence-corrected chi connectivity index (χ1v) is 15.2. The van der Waals surface area contributed by atoms with Crippen molar-refractivity contribution in [2.24, 2.45) is 0 Å². The minimum absolute atomic E-state index is 0.849. The molecule has 9 aromatic rings. The summed E-state index contributed by atoms with van der Waals surface area (Å²) >= 11 is 0. The van der Waals surface area contributed by atoms with E-state index in [2.05, 4.69) is 133 Å². The first kappa shape index (κ1) is 25.4. The molecule has 0 spiro atoms. The summed E-state index contributed by atoms with van der Waals surface area (Å²) in [7, 11) is 0. The van der Waals surface area contributed by atoms with Crippen LogP contribution < -0.4 is 5.32 Å². The molecule has 0 aliphatic heterocycles. The summed E-state index contributed by atoms with van der Waals surface area (Å²) in [5, 5.41) is 8.07. The first-order chi connectivity index (χ1) is 22.3. The van der Waals surface area contributed by atoms with Gasteiger partial charge in [0.05, 0.1) is 22.1 Å². The van der Waals surface area contributed by atoms with E-state index < -0.39 is 0 Å². The van der Waals surface area contributed by atoms with E-state index in [0.29, 0.717) is 0 Å². The molecule has 0 unspecified atom stereocenters. The lowest BCUT2D eigenvalue weighted by molar-refractivity contribution is 0.669. The van der Waals surface area contributed by atoms with E-state index in [4.69, 9.17) is 8.83 Å². The second-order valence-electron chi connectivity index (χ2n) is 11.4. The van der Waals surface area contributed by atoms with E-state index in [1.165, 1.54) is 5.56 Å². The van der Waals surface area contributed by atoms with Gasteiger partial charge in [0.2, 0.25) is 0 Å². The van der Waals surface area contributed by atoms with E-state index in [1.54, 1.807) is 0 Å². The molecule has 0 fully saturated rings. The van der Waals surface area contributed by atoms with Crippen LogP contribution in [-0.2, 0) is 0 Å². The van der Waals surface area contributed by atoms with E-state index >= 15 is 0 Å². The Morgan fingerprint density at radius 2 is 0.911 bits per heavy atom. The number of fused-ring (bicyclic) bond motifs is 6. The minimum atomic E-state index is 0.849. The zero-order valence-corrected chi connectivity index (χ0v) is 24.3. The molecule has 3 heteroatoms. The summed E-state index contributed by atoms with van der Waals surface area (Å²) in [6.45, 7) is 0. The summed E-state index contributed by atoms with van der Waals surface area (Å²) in [6, 6.07) is 54.8. The maximum atomic E-state index is 6.72. The van der Waals surface area contributed by atoms with Gasteiger partial charge in [-0.2, -0.15) is 0 Å². The van der Waals surface area contributed by atoms with Crippen molar-refractivity contribution in [2.45, 2.75) is 0 Å². The summed E-state index contributed by atoms with van der Waals surface area (Å²) in [4.78, 5) is 0. The van der Waals surface area contributed by atoms with E-state index in [9.17, 15) is 0 Å². The van der Waals surface area contributed by atoms with Crippen LogP contribution in [0.25, 0.3) is 77.3 Å². The third-order valence-electron chi connectivity index (χ3n) is 8.69. The molecule has 0 amide bonds. The van der Waals surface area contributed by atoms with Crippen molar-refractivity contribution in [1.29, 1.82) is 0 Å². The SMILES string of the molecule is c1ccc(-c2ccc3c(c2)oc2cccc(Nc4ccc(-c5ccccc5)c5oc6cc(-c7ccccc7)ccc6c45)c23)cc1. The number of anilines is 2. The predicted octanol–water partition coefficient (Wildman–Crippen LogP) is 12.2. The molecule has 0 saturated carbocycles. The molecule has 0 aliphatic rings. The van der Waals surface area contributed by atoms with Gasteiger partial charge in [0, 0.05) is 16.3 Å². The van der Waals surface area contributed by atoms with Crippen LogP contribution in [0, 0.1) is 0 Å². The lowest BCUT2D eigenvalue weighted by Crippen LogP contribution is -1.92. The molecule has 0 atom stereocenters. The van der Waals surface area contributed by atoms with Crippen LogP contribution in [0.1, 0.15) is 0 Å². The van der Waals surface area contributed by atoms with Crippen LogP contribution in [0.5, 0.6) is 0 Å². The predicted molar refractivity (Wildman–Crippen MR) is 187 cm³/mol. The first-order valence-electron chi connectivity index (χ1n) is 15.2. The third kappa shape index (κ3) is 4.29. The Bertz CT molecular complexity index is 2490. The highest BCUT2D eigenvalue weighted by molar-refractivity contribution is 6.18. The second-order valence-corrected chi connectivity index (χ2v) is 11.4. The van der Waals surface area contributed by atoms with E-state index in [-0.39, 0.29) is 0 Å². The van der Waals surface area contributed by atoms with Crippen molar-refractivity contribution in [2.75, 3.05) is 5.32 Å². The molecule has 7 aromatic carbocycles. The fourth-order valence-electron chi connectivity index (χ4n) is 6.52. The van der Waals surface area contributed by atoms with Crippen LogP contribution in [0.15, 0.2) is 167 Å². The molecular weight excluding hydrogens is 550 g/mol. The zero-order chi connectivity index (χ0) is 29.7. The summed E-state index contributed by atoms with van der Waals surface area (Å²) < 4.78 is 13.1. The summed E-state index contributed by atoms with van der Waals surface area (Å²) in [6.07, 6.45) is 0. The molecule has 212 valence electrons. The van der Waals surface area contributed by atoms with Crippen molar-refractivity contribution in [3.8, 4) is 33.4 Å². The van der Waals surface area contributed by atoms with Gasteiger partial charge in [-0.25, -0.2) is 0 Å². The number of nitrogens with one attached hydrogen (secondary N) is 1. The monoisotopic (exact) mass is 577 g/mol. The van der Waals surface area contributed by atoms with Crippen molar-refractivity contribution < 1.29 is 8.83 Å². The molecule has 45 heavy (non-hydrogen) atoms. The van der Waals surface area contributed by atoms with Crippen molar-refractivity contribution in [1.82, 2.24) is 0 Å². The second kappa shape index (κ2) is 10.3. The minimum Gasteiger partial charge on any atom is -0.456 e. The maximum absolute atomic E-state index is 6.72. The topological polar surface area (TPSA) is 38.3 Å². The average Bonchev–Trinajstić information content (AvgIpc) is 3.68. The summed E-state index contributed by atoms with van der Waals surface area (Å²) in [5.74, 6) is 0. The van der Waals surface area contributed by atoms with E-state index in [1.807, 2.05) is 30.3 Å². The van der Waals surface area contributed by atoms with Crippen LogP contribution >= 0.6 is 0 Å². The van der Waals surface area contributed by atoms with Crippen LogP contribution in [0.4, 0.5) is 11.4 Å². The molecule has 0 saturated heterocycles. The van der Waals surface area contributed by atoms with Crippen LogP contribution in [0.2, 0.25) is 0 Å². The normalized spacial score (nSPS) is 11.6. The number of rotatable bonds is 5. The highest BCUT2D eigenvalue weighted by atomic mass is 16.3. The molecule has 3 nitrogen and oxygen atoms in total. The van der Waals surface area contributed by atoms with Gasteiger partial charge in [-0.05, 0) is 76.3 Å². The fraction of sp³-hybridized carbons (Fsp3) is 0. The number of furan rings is 2. The van der Waals surface area contributed by atoms with Gasteiger partial charge in [0.1, 0.15) is 22.3 Å². The number of hydrogen-bond donors (Lipinski definition) is 1. The zero-order valence-electron chi connectivity index (χ0n) is 24.3. The Kier molecular flexibility index (Phi) is 5.82. The third-order valence-corrected chi connectivity index (χ3v) is 8.69.